The zero-order valence-electron chi connectivity index (χ0n) is 11.9. The first kappa shape index (κ1) is 16.3. The highest BCUT2D eigenvalue weighted by Crippen LogP contribution is 2.18. The molecule has 0 heterocycles. The van der Waals surface area contributed by atoms with Gasteiger partial charge in [-0.2, -0.15) is 0 Å². The number of aryl methyl sites for hydroxylation is 1. The van der Waals surface area contributed by atoms with E-state index in [2.05, 4.69) is 27.9 Å². The number of benzene rings is 2. The van der Waals surface area contributed by atoms with E-state index in [0.29, 0.717) is 11.3 Å². The van der Waals surface area contributed by atoms with Crippen molar-refractivity contribution in [1.82, 2.24) is 0 Å². The molecule has 0 saturated heterocycles. The van der Waals surface area contributed by atoms with Gasteiger partial charge in [-0.3, -0.25) is 9.59 Å². The second kappa shape index (κ2) is 7.26. The molecule has 0 fully saturated rings. The summed E-state index contributed by atoms with van der Waals surface area (Å²) in [6.45, 7) is 1.82. The maximum absolute atomic E-state index is 12.2. The van der Waals surface area contributed by atoms with E-state index in [4.69, 9.17) is 10.5 Å². The molecule has 0 aliphatic carbocycles. The molecule has 22 heavy (non-hydrogen) atoms. The number of ether oxygens (including phenoxy) is 1. The molecule has 0 bridgehead atoms. The van der Waals surface area contributed by atoms with Gasteiger partial charge in [0.15, 0.2) is 6.61 Å². The van der Waals surface area contributed by atoms with Gasteiger partial charge >= 0.3 is 0 Å². The monoisotopic (exact) mass is 410 g/mol. The second-order valence-corrected chi connectivity index (χ2v) is 5.86. The van der Waals surface area contributed by atoms with Crippen molar-refractivity contribution in [2.24, 2.45) is 5.73 Å². The Kier molecular flexibility index (Phi) is 5.37. The standard InChI is InChI=1S/C16H15IN2O3/c1-10-2-5-12(8-14(10)17)19-16(21)11-3-6-13(7-4-11)22-9-15(18)20/h2-8H,9H2,1H3,(H2,18,20)(H,19,21). The zero-order valence-corrected chi connectivity index (χ0v) is 14.1. The van der Waals surface area contributed by atoms with Gasteiger partial charge < -0.3 is 15.8 Å². The highest BCUT2D eigenvalue weighted by atomic mass is 127. The van der Waals surface area contributed by atoms with Gasteiger partial charge in [-0.15, -0.1) is 0 Å². The van der Waals surface area contributed by atoms with E-state index < -0.39 is 5.91 Å². The second-order valence-electron chi connectivity index (χ2n) is 4.70. The molecule has 0 unspecified atom stereocenters. The normalized spacial score (nSPS) is 10.1. The molecule has 0 aromatic heterocycles. The van der Waals surface area contributed by atoms with Crippen molar-refractivity contribution in [1.29, 1.82) is 0 Å². The molecule has 3 N–H and O–H groups in total. The van der Waals surface area contributed by atoms with E-state index in [0.717, 1.165) is 14.8 Å². The number of anilines is 1. The Morgan fingerprint density at radius 3 is 2.45 bits per heavy atom. The van der Waals surface area contributed by atoms with Gasteiger partial charge in [-0.1, -0.05) is 6.07 Å². The predicted molar refractivity (Wildman–Crippen MR) is 93.0 cm³/mol. The first-order valence-corrected chi connectivity index (χ1v) is 7.62. The molecule has 0 aliphatic heterocycles. The van der Waals surface area contributed by atoms with Crippen molar-refractivity contribution < 1.29 is 14.3 Å². The number of carbonyl (C=O) groups is 2. The molecule has 2 amide bonds. The van der Waals surface area contributed by atoms with E-state index in [1.54, 1.807) is 24.3 Å². The minimum absolute atomic E-state index is 0.187. The van der Waals surface area contributed by atoms with Crippen molar-refractivity contribution in [3.05, 3.63) is 57.2 Å². The highest BCUT2D eigenvalue weighted by molar-refractivity contribution is 14.1. The highest BCUT2D eigenvalue weighted by Gasteiger charge is 2.07. The van der Waals surface area contributed by atoms with Gasteiger partial charge in [0.1, 0.15) is 5.75 Å². The smallest absolute Gasteiger partial charge is 0.255 e. The molecule has 0 radical (unpaired) electrons. The molecular formula is C16H15IN2O3. The molecule has 0 atom stereocenters. The van der Waals surface area contributed by atoms with E-state index in [1.807, 2.05) is 25.1 Å². The Hall–Kier alpha value is -2.09. The number of carbonyl (C=O) groups excluding carboxylic acids is 2. The van der Waals surface area contributed by atoms with Crippen LogP contribution in [0.1, 0.15) is 15.9 Å². The molecule has 2 rings (SSSR count). The third-order valence-corrected chi connectivity index (χ3v) is 4.09. The van der Waals surface area contributed by atoms with Crippen molar-refractivity contribution in [3.8, 4) is 5.75 Å². The minimum atomic E-state index is -0.546. The summed E-state index contributed by atoms with van der Waals surface area (Å²) in [5, 5.41) is 2.84. The van der Waals surface area contributed by atoms with Crippen LogP contribution in [0.25, 0.3) is 0 Å². The number of hydrogen-bond donors (Lipinski definition) is 2. The lowest BCUT2D eigenvalue weighted by Crippen LogP contribution is -2.20. The summed E-state index contributed by atoms with van der Waals surface area (Å²) < 4.78 is 6.23. The van der Waals surface area contributed by atoms with Gasteiger partial charge in [0, 0.05) is 14.8 Å². The lowest BCUT2D eigenvalue weighted by molar-refractivity contribution is -0.119. The van der Waals surface area contributed by atoms with E-state index in [-0.39, 0.29) is 12.5 Å². The molecule has 2 aromatic rings. The first-order valence-electron chi connectivity index (χ1n) is 6.54. The van der Waals surface area contributed by atoms with Gasteiger partial charge in [0.25, 0.3) is 11.8 Å². The van der Waals surface area contributed by atoms with Crippen molar-refractivity contribution in [2.75, 3.05) is 11.9 Å². The largest absolute Gasteiger partial charge is 0.484 e. The third kappa shape index (κ3) is 4.45. The summed E-state index contributed by atoms with van der Waals surface area (Å²) >= 11 is 2.22. The summed E-state index contributed by atoms with van der Waals surface area (Å²) in [4.78, 5) is 22.8. The average molecular weight is 410 g/mol. The predicted octanol–water partition coefficient (Wildman–Crippen LogP) is 2.72. The third-order valence-electron chi connectivity index (χ3n) is 2.93. The molecule has 5 nitrogen and oxygen atoms in total. The van der Waals surface area contributed by atoms with E-state index >= 15 is 0 Å². The Morgan fingerprint density at radius 1 is 1.18 bits per heavy atom. The zero-order chi connectivity index (χ0) is 16.1. The van der Waals surface area contributed by atoms with Crippen LogP contribution in [0.4, 0.5) is 5.69 Å². The number of hydrogen-bond acceptors (Lipinski definition) is 3. The SMILES string of the molecule is Cc1ccc(NC(=O)c2ccc(OCC(N)=O)cc2)cc1I. The number of rotatable bonds is 5. The van der Waals surface area contributed by atoms with Crippen LogP contribution in [-0.2, 0) is 4.79 Å². The van der Waals surface area contributed by atoms with Crippen molar-refractivity contribution in [2.45, 2.75) is 6.92 Å². The van der Waals surface area contributed by atoms with Crippen LogP contribution in [0.3, 0.4) is 0 Å². The molecule has 6 heteroatoms. The lowest BCUT2D eigenvalue weighted by atomic mass is 10.2. The number of nitrogens with two attached hydrogens (primary N) is 1. The Labute approximate surface area is 142 Å². The lowest BCUT2D eigenvalue weighted by Gasteiger charge is -2.08. The van der Waals surface area contributed by atoms with Crippen LogP contribution < -0.4 is 15.8 Å². The van der Waals surface area contributed by atoms with Gasteiger partial charge in [-0.05, 0) is 71.5 Å². The summed E-state index contributed by atoms with van der Waals surface area (Å²) in [5.74, 6) is -0.267. The quantitative estimate of drug-likeness (QED) is 0.744. The molecular weight excluding hydrogens is 395 g/mol. The van der Waals surface area contributed by atoms with Crippen molar-refractivity contribution >= 4 is 40.1 Å². The van der Waals surface area contributed by atoms with E-state index in [1.165, 1.54) is 0 Å². The van der Waals surface area contributed by atoms with Crippen LogP contribution >= 0.6 is 22.6 Å². The fourth-order valence-electron chi connectivity index (χ4n) is 1.73. The topological polar surface area (TPSA) is 81.4 Å². The number of halogens is 1. The van der Waals surface area contributed by atoms with Crippen LogP contribution in [0.15, 0.2) is 42.5 Å². The van der Waals surface area contributed by atoms with Crippen molar-refractivity contribution in [3.63, 3.8) is 0 Å². The summed E-state index contributed by atoms with van der Waals surface area (Å²) in [6.07, 6.45) is 0. The van der Waals surface area contributed by atoms with Crippen LogP contribution in [0, 0.1) is 10.5 Å². The Bertz CT molecular complexity index is 699. The van der Waals surface area contributed by atoms with Gasteiger partial charge in [-0.25, -0.2) is 0 Å². The van der Waals surface area contributed by atoms with Gasteiger partial charge in [0.2, 0.25) is 0 Å². The number of primary amides is 1. The Morgan fingerprint density at radius 2 is 1.86 bits per heavy atom. The molecule has 0 aliphatic rings. The summed E-state index contributed by atoms with van der Waals surface area (Å²) in [5.41, 5.74) is 7.41. The minimum Gasteiger partial charge on any atom is -0.484 e. The average Bonchev–Trinajstić information content (AvgIpc) is 2.49. The molecule has 2 aromatic carbocycles. The fraction of sp³-hybridized carbons (Fsp3) is 0.125. The molecule has 0 spiro atoms. The first-order chi connectivity index (χ1) is 10.5. The maximum Gasteiger partial charge on any atom is 0.255 e. The Balaban J connectivity index is 2.03. The summed E-state index contributed by atoms with van der Waals surface area (Å²) in [7, 11) is 0. The molecule has 0 saturated carbocycles. The van der Waals surface area contributed by atoms with Gasteiger partial charge in [0.05, 0.1) is 0 Å². The molecule has 114 valence electrons. The van der Waals surface area contributed by atoms with Crippen LogP contribution in [0.2, 0.25) is 0 Å². The summed E-state index contributed by atoms with van der Waals surface area (Å²) in [6, 6.07) is 12.2. The van der Waals surface area contributed by atoms with Crippen LogP contribution in [-0.4, -0.2) is 18.4 Å². The van der Waals surface area contributed by atoms with Crippen LogP contribution in [0.5, 0.6) is 5.75 Å². The maximum atomic E-state index is 12.2. The van der Waals surface area contributed by atoms with E-state index in [9.17, 15) is 9.59 Å². The fourth-order valence-corrected chi connectivity index (χ4v) is 2.25. The number of amides is 2. The number of nitrogens with one attached hydrogen (secondary N) is 1.